The van der Waals surface area contributed by atoms with Crippen molar-refractivity contribution in [2.24, 2.45) is 5.92 Å². The van der Waals surface area contributed by atoms with E-state index in [4.69, 9.17) is 5.11 Å². The van der Waals surface area contributed by atoms with Crippen LogP contribution in [0.3, 0.4) is 0 Å². The molecule has 0 radical (unpaired) electrons. The third kappa shape index (κ3) is 6.22. The molecule has 5 nitrogen and oxygen atoms in total. The normalized spacial score (nSPS) is 22.0. The summed E-state index contributed by atoms with van der Waals surface area (Å²) in [5, 5.41) is 12.0. The Morgan fingerprint density at radius 3 is 2.32 bits per heavy atom. The molecule has 1 aromatic carbocycles. The third-order valence-corrected chi connectivity index (χ3v) is 5.41. The van der Waals surface area contributed by atoms with Crippen molar-refractivity contribution < 1.29 is 27.9 Å². The van der Waals surface area contributed by atoms with E-state index in [0.717, 1.165) is 32.2 Å². The highest BCUT2D eigenvalue weighted by Crippen LogP contribution is 2.33. The van der Waals surface area contributed by atoms with E-state index in [0.29, 0.717) is 17.0 Å². The average molecular weight is 398 g/mol. The van der Waals surface area contributed by atoms with Crippen LogP contribution >= 0.6 is 0 Å². The summed E-state index contributed by atoms with van der Waals surface area (Å²) < 4.78 is 36.8. The van der Waals surface area contributed by atoms with Gasteiger partial charge in [-0.15, -0.1) is 0 Å². The molecule has 1 amide bonds. The Bertz CT molecular complexity index is 696. The van der Waals surface area contributed by atoms with Crippen LogP contribution in [0.15, 0.2) is 24.3 Å². The fourth-order valence-electron chi connectivity index (χ4n) is 3.53. The van der Waals surface area contributed by atoms with Crippen molar-refractivity contribution in [2.45, 2.75) is 56.8 Å². The van der Waals surface area contributed by atoms with E-state index in [2.05, 4.69) is 5.32 Å². The highest BCUT2D eigenvalue weighted by atomic mass is 19.4. The molecule has 2 saturated carbocycles. The lowest BCUT2D eigenvalue weighted by atomic mass is 9.85. The number of alkyl halides is 3. The van der Waals surface area contributed by atoms with Gasteiger partial charge in [0.2, 0.25) is 0 Å². The van der Waals surface area contributed by atoms with Crippen LogP contribution in [0, 0.1) is 5.92 Å². The van der Waals surface area contributed by atoms with Crippen LogP contribution < -0.4 is 5.32 Å². The number of halogens is 3. The number of carbonyl (C=O) groups is 2. The number of carboxylic acid groups (broad SMARTS) is 1. The number of nitrogens with one attached hydrogen (secondary N) is 1. The Labute approximate surface area is 161 Å². The lowest BCUT2D eigenvalue weighted by Gasteiger charge is -2.42. The number of aliphatic carboxylic acids is 1. The molecule has 28 heavy (non-hydrogen) atoms. The van der Waals surface area contributed by atoms with Crippen LogP contribution in [-0.2, 0) is 11.2 Å². The van der Waals surface area contributed by atoms with Gasteiger partial charge in [-0.25, -0.2) is 0 Å². The Morgan fingerprint density at radius 2 is 1.79 bits per heavy atom. The van der Waals surface area contributed by atoms with Gasteiger partial charge in [-0.2, -0.15) is 13.2 Å². The maximum absolute atomic E-state index is 12.3. The summed E-state index contributed by atoms with van der Waals surface area (Å²) in [7, 11) is 0. The number of benzene rings is 1. The Balaban J connectivity index is 1.44. The summed E-state index contributed by atoms with van der Waals surface area (Å²) in [4.78, 5) is 25.4. The molecule has 2 aliphatic carbocycles. The fourth-order valence-corrected chi connectivity index (χ4v) is 3.53. The molecule has 0 atom stereocenters. The van der Waals surface area contributed by atoms with Crippen molar-refractivity contribution in [3.63, 3.8) is 0 Å². The van der Waals surface area contributed by atoms with Gasteiger partial charge in [-0.1, -0.05) is 12.1 Å². The van der Waals surface area contributed by atoms with Gasteiger partial charge in [0.25, 0.3) is 5.91 Å². The molecular weight excluding hydrogens is 373 g/mol. The minimum atomic E-state index is -4.19. The van der Waals surface area contributed by atoms with Gasteiger partial charge in [-0.05, 0) is 55.7 Å². The van der Waals surface area contributed by atoms with E-state index >= 15 is 0 Å². The average Bonchev–Trinajstić information content (AvgIpc) is 3.38. The molecule has 1 aromatic rings. The van der Waals surface area contributed by atoms with Gasteiger partial charge < -0.3 is 10.4 Å². The van der Waals surface area contributed by atoms with Crippen molar-refractivity contribution in [3.05, 3.63) is 35.4 Å². The summed E-state index contributed by atoms with van der Waals surface area (Å²) in [5.41, 5.74) is 0.960. The van der Waals surface area contributed by atoms with Gasteiger partial charge in [0, 0.05) is 30.6 Å². The number of amides is 1. The standard InChI is InChI=1S/C20H25F3N2O3/c21-20(22,23)8-7-13-3-5-15(6-4-13)19(28)24-16-9-17(10-16)25(12-18(26)27)11-14-1-2-14/h3-6,14,16-17H,1-2,7-12H2,(H,24,28)(H,26,27). The van der Waals surface area contributed by atoms with Crippen LogP contribution in [0.25, 0.3) is 0 Å². The zero-order chi connectivity index (χ0) is 20.3. The van der Waals surface area contributed by atoms with Gasteiger partial charge >= 0.3 is 12.1 Å². The lowest BCUT2D eigenvalue weighted by molar-refractivity contribution is -0.139. The van der Waals surface area contributed by atoms with Gasteiger partial charge in [0.1, 0.15) is 0 Å². The molecule has 0 heterocycles. The number of hydrogen-bond acceptors (Lipinski definition) is 3. The smallest absolute Gasteiger partial charge is 0.389 e. The second-order valence-electron chi connectivity index (χ2n) is 7.87. The molecule has 2 aliphatic rings. The van der Waals surface area contributed by atoms with E-state index in [1.54, 1.807) is 24.3 Å². The minimum absolute atomic E-state index is 0.00194. The molecule has 0 aromatic heterocycles. The van der Waals surface area contributed by atoms with Crippen LogP contribution in [0.4, 0.5) is 13.2 Å². The van der Waals surface area contributed by atoms with Gasteiger partial charge in [0.15, 0.2) is 0 Å². The zero-order valence-corrected chi connectivity index (χ0v) is 15.5. The molecule has 0 aliphatic heterocycles. The van der Waals surface area contributed by atoms with Crippen LogP contribution in [0.2, 0.25) is 0 Å². The molecule has 154 valence electrons. The van der Waals surface area contributed by atoms with E-state index in [1.165, 1.54) is 0 Å². The fraction of sp³-hybridized carbons (Fsp3) is 0.600. The molecule has 0 spiro atoms. The Morgan fingerprint density at radius 1 is 1.14 bits per heavy atom. The number of rotatable bonds is 9. The summed E-state index contributed by atoms with van der Waals surface area (Å²) >= 11 is 0. The second kappa shape index (κ2) is 8.51. The number of hydrogen-bond donors (Lipinski definition) is 2. The SMILES string of the molecule is O=C(O)CN(CC1CC1)C1CC(NC(=O)c2ccc(CCC(F)(F)F)cc2)C1. The van der Waals surface area contributed by atoms with E-state index in [1.807, 2.05) is 4.90 Å². The third-order valence-electron chi connectivity index (χ3n) is 5.41. The molecule has 0 bridgehead atoms. The van der Waals surface area contributed by atoms with Crippen LogP contribution in [0.5, 0.6) is 0 Å². The Hall–Kier alpha value is -2.09. The predicted molar refractivity (Wildman–Crippen MR) is 97.0 cm³/mol. The molecule has 2 fully saturated rings. The molecule has 0 unspecified atom stereocenters. The van der Waals surface area contributed by atoms with Crippen molar-refractivity contribution in [2.75, 3.05) is 13.1 Å². The van der Waals surface area contributed by atoms with Crippen LogP contribution in [0.1, 0.15) is 48.0 Å². The first-order valence-corrected chi connectivity index (χ1v) is 9.62. The van der Waals surface area contributed by atoms with E-state index in [-0.39, 0.29) is 31.0 Å². The molecule has 2 N–H and O–H groups in total. The monoisotopic (exact) mass is 398 g/mol. The lowest BCUT2D eigenvalue weighted by Crippen LogP contribution is -2.55. The largest absolute Gasteiger partial charge is 0.480 e. The number of aryl methyl sites for hydroxylation is 1. The van der Waals surface area contributed by atoms with E-state index < -0.39 is 18.6 Å². The first kappa shape index (κ1) is 20.6. The predicted octanol–water partition coefficient (Wildman–Crippen LogP) is 3.24. The first-order valence-electron chi connectivity index (χ1n) is 9.62. The van der Waals surface area contributed by atoms with Crippen molar-refractivity contribution >= 4 is 11.9 Å². The minimum Gasteiger partial charge on any atom is -0.480 e. The highest BCUT2D eigenvalue weighted by Gasteiger charge is 2.37. The molecule has 3 rings (SSSR count). The van der Waals surface area contributed by atoms with Crippen molar-refractivity contribution in [1.82, 2.24) is 10.2 Å². The maximum atomic E-state index is 12.3. The number of nitrogens with zero attached hydrogens (tertiary/aromatic N) is 1. The first-order chi connectivity index (χ1) is 13.2. The number of carbonyl (C=O) groups excluding carboxylic acids is 1. The van der Waals surface area contributed by atoms with Gasteiger partial charge in [0.05, 0.1) is 6.54 Å². The zero-order valence-electron chi connectivity index (χ0n) is 15.5. The second-order valence-corrected chi connectivity index (χ2v) is 7.87. The summed E-state index contributed by atoms with van der Waals surface area (Å²) in [6.07, 6.45) is -1.43. The molecular formula is C20H25F3N2O3. The Kier molecular flexibility index (Phi) is 6.27. The highest BCUT2D eigenvalue weighted by molar-refractivity contribution is 5.94. The topological polar surface area (TPSA) is 69.6 Å². The quantitative estimate of drug-likeness (QED) is 0.670. The summed E-state index contributed by atoms with van der Waals surface area (Å²) in [6.45, 7) is 0.832. The van der Waals surface area contributed by atoms with Gasteiger partial charge in [-0.3, -0.25) is 14.5 Å². The maximum Gasteiger partial charge on any atom is 0.389 e. The van der Waals surface area contributed by atoms with Crippen molar-refractivity contribution in [3.8, 4) is 0 Å². The molecule has 0 saturated heterocycles. The summed E-state index contributed by atoms with van der Waals surface area (Å²) in [5.74, 6) is -0.486. The number of carboxylic acids is 1. The summed E-state index contributed by atoms with van der Waals surface area (Å²) in [6, 6.07) is 6.36. The molecule has 8 heteroatoms. The van der Waals surface area contributed by atoms with Crippen molar-refractivity contribution in [1.29, 1.82) is 0 Å². The van der Waals surface area contributed by atoms with E-state index in [9.17, 15) is 22.8 Å². The van der Waals surface area contributed by atoms with Crippen LogP contribution in [-0.4, -0.2) is 53.2 Å².